The van der Waals surface area contributed by atoms with E-state index in [1.54, 1.807) is 4.90 Å². The van der Waals surface area contributed by atoms with Crippen LogP contribution >= 0.6 is 0 Å². The van der Waals surface area contributed by atoms with Crippen molar-refractivity contribution in [1.29, 1.82) is 0 Å². The summed E-state index contributed by atoms with van der Waals surface area (Å²) in [5, 5.41) is 18.0. The van der Waals surface area contributed by atoms with Crippen LogP contribution in [0, 0.1) is 17.8 Å². The van der Waals surface area contributed by atoms with E-state index in [-0.39, 0.29) is 42.4 Å². The number of hydrogen-bond donors (Lipinski definition) is 4. The Hall–Kier alpha value is -3.27. The lowest BCUT2D eigenvalue weighted by molar-refractivity contribution is -0.146. The molecule has 1 aromatic rings. The first kappa shape index (κ1) is 25.4. The molecule has 4 aliphatic rings. The van der Waals surface area contributed by atoms with E-state index in [1.807, 2.05) is 30.3 Å². The molecule has 198 valence electrons. The molecule has 0 aromatic heterocycles. The second kappa shape index (κ2) is 10.2. The molecule has 37 heavy (non-hydrogen) atoms. The molecule has 6 atom stereocenters. The Morgan fingerprint density at radius 2 is 1.92 bits per heavy atom. The second-order valence-corrected chi connectivity index (χ2v) is 10.8. The van der Waals surface area contributed by atoms with E-state index < -0.39 is 41.8 Å². The van der Waals surface area contributed by atoms with Crippen LogP contribution in [0.2, 0.25) is 0 Å². The largest absolute Gasteiger partial charge is 0.389 e. The van der Waals surface area contributed by atoms with Crippen molar-refractivity contribution in [3.05, 3.63) is 35.9 Å². The molecule has 1 saturated carbocycles. The highest BCUT2D eigenvalue weighted by molar-refractivity contribution is 5.99. The van der Waals surface area contributed by atoms with Gasteiger partial charge in [0.2, 0.25) is 17.7 Å². The smallest absolute Gasteiger partial charge is 0.253 e. The molecule has 3 aliphatic heterocycles. The molecule has 1 aliphatic carbocycles. The van der Waals surface area contributed by atoms with E-state index in [9.17, 15) is 29.1 Å². The fraction of sp³-hybridized carbons (Fsp3) is 0.593. The van der Waals surface area contributed by atoms with Gasteiger partial charge < -0.3 is 26.0 Å². The highest BCUT2D eigenvalue weighted by Crippen LogP contribution is 2.45. The molecule has 3 saturated heterocycles. The van der Waals surface area contributed by atoms with Gasteiger partial charge in [-0.3, -0.25) is 24.0 Å². The van der Waals surface area contributed by atoms with Gasteiger partial charge in [-0.25, -0.2) is 0 Å². The number of rotatable bonds is 8. The van der Waals surface area contributed by atoms with Crippen molar-refractivity contribution in [2.45, 2.75) is 62.6 Å². The van der Waals surface area contributed by atoms with E-state index >= 15 is 0 Å². The fourth-order valence-electron chi connectivity index (χ4n) is 6.78. The van der Waals surface area contributed by atoms with Gasteiger partial charge in [-0.15, -0.1) is 0 Å². The molecule has 4 amide bonds. The molecule has 0 spiro atoms. The summed E-state index contributed by atoms with van der Waals surface area (Å²) in [5.74, 6) is -1.99. The predicted molar refractivity (Wildman–Crippen MR) is 132 cm³/mol. The molecular formula is C27H34N4O6. The third-order valence-corrected chi connectivity index (χ3v) is 8.68. The number of Topliss-reactive ketones (excluding diaryl/α,β-unsaturated/α-hetero) is 1. The monoisotopic (exact) mass is 510 g/mol. The number of fused-ring (bicyclic) bond motifs is 1. The molecule has 4 N–H and O–H groups in total. The predicted octanol–water partition coefficient (Wildman–Crippen LogP) is -0.00860. The Morgan fingerprint density at radius 3 is 2.57 bits per heavy atom. The molecule has 10 heteroatoms. The number of nitrogens with one attached hydrogen (secondary N) is 3. The summed E-state index contributed by atoms with van der Waals surface area (Å²) in [4.78, 5) is 66.6. The van der Waals surface area contributed by atoms with Gasteiger partial charge in [0.05, 0.1) is 6.04 Å². The van der Waals surface area contributed by atoms with Gasteiger partial charge in [0.15, 0.2) is 5.78 Å². The van der Waals surface area contributed by atoms with Crippen LogP contribution in [0.25, 0.3) is 0 Å². The van der Waals surface area contributed by atoms with E-state index in [0.29, 0.717) is 31.5 Å². The highest BCUT2D eigenvalue weighted by atomic mass is 16.3. The van der Waals surface area contributed by atoms with Crippen molar-refractivity contribution >= 4 is 29.4 Å². The lowest BCUT2D eigenvalue weighted by Gasteiger charge is -2.36. The van der Waals surface area contributed by atoms with Crippen molar-refractivity contribution in [3.63, 3.8) is 0 Å². The topological polar surface area (TPSA) is 145 Å². The summed E-state index contributed by atoms with van der Waals surface area (Å²) in [5.41, 5.74) is -0.555. The highest BCUT2D eigenvalue weighted by Gasteiger charge is 2.56. The van der Waals surface area contributed by atoms with E-state index in [1.165, 1.54) is 0 Å². The van der Waals surface area contributed by atoms with Crippen LogP contribution in [0.5, 0.6) is 0 Å². The van der Waals surface area contributed by atoms with Crippen LogP contribution < -0.4 is 16.0 Å². The molecule has 5 rings (SSSR count). The third-order valence-electron chi connectivity index (χ3n) is 8.68. The Bertz CT molecular complexity index is 1090. The third kappa shape index (κ3) is 4.63. The van der Waals surface area contributed by atoms with Crippen LogP contribution in [0.15, 0.2) is 30.3 Å². The SMILES string of the molecule is O=C1CC[C@](C(=O)N2C[C@H]3CCC[C@H]3[C@@H]2C(=O)N[C@@H](C[C@@H]2CCNC2=O)C(=O)CO)(c2ccccc2)N1. The summed E-state index contributed by atoms with van der Waals surface area (Å²) in [6.07, 6.45) is 3.84. The zero-order valence-corrected chi connectivity index (χ0v) is 20.8. The minimum Gasteiger partial charge on any atom is -0.389 e. The molecule has 4 fully saturated rings. The Morgan fingerprint density at radius 1 is 1.14 bits per heavy atom. The van der Waals surface area contributed by atoms with Crippen molar-refractivity contribution in [2.75, 3.05) is 19.7 Å². The minimum atomic E-state index is -1.24. The Kier molecular flexibility index (Phi) is 7.02. The molecule has 3 heterocycles. The van der Waals surface area contributed by atoms with Gasteiger partial charge in [0, 0.05) is 25.4 Å². The zero-order chi connectivity index (χ0) is 26.2. The van der Waals surface area contributed by atoms with Gasteiger partial charge in [-0.2, -0.15) is 0 Å². The maximum Gasteiger partial charge on any atom is 0.253 e. The summed E-state index contributed by atoms with van der Waals surface area (Å²) < 4.78 is 0. The number of amides is 4. The van der Waals surface area contributed by atoms with Crippen LogP contribution in [-0.2, 0) is 29.5 Å². The van der Waals surface area contributed by atoms with Crippen LogP contribution in [0.3, 0.4) is 0 Å². The first-order valence-electron chi connectivity index (χ1n) is 13.2. The summed E-state index contributed by atoms with van der Waals surface area (Å²) >= 11 is 0. The van der Waals surface area contributed by atoms with E-state index in [4.69, 9.17) is 0 Å². The summed E-state index contributed by atoms with van der Waals surface area (Å²) in [7, 11) is 0. The maximum absolute atomic E-state index is 14.2. The molecular weight excluding hydrogens is 476 g/mol. The Balaban J connectivity index is 1.42. The standard InChI is InChI=1S/C27H34N4O6/c32-15-21(33)20(13-16-10-12-28-24(16)35)29-25(36)23-19-8-4-5-17(19)14-31(23)26(37)27(11-9-22(34)30-27)18-6-2-1-3-7-18/h1-3,6-7,16-17,19-20,23,32H,4-5,8-15H2,(H,28,35)(H,29,36)(H,30,34)/t16-,17+,19+,20-,23+,27+/m0/s1. The van der Waals surface area contributed by atoms with Gasteiger partial charge in [0.25, 0.3) is 5.91 Å². The first-order valence-corrected chi connectivity index (χ1v) is 13.2. The maximum atomic E-state index is 14.2. The van der Waals surface area contributed by atoms with Crippen LogP contribution in [0.1, 0.15) is 50.5 Å². The van der Waals surface area contributed by atoms with Crippen molar-refractivity contribution in [1.82, 2.24) is 20.9 Å². The fourth-order valence-corrected chi connectivity index (χ4v) is 6.78. The number of hydrogen-bond acceptors (Lipinski definition) is 6. The van der Waals surface area contributed by atoms with E-state index in [2.05, 4.69) is 16.0 Å². The van der Waals surface area contributed by atoms with Gasteiger partial charge >= 0.3 is 0 Å². The number of nitrogens with zero attached hydrogens (tertiary/aromatic N) is 1. The normalized spacial score (nSPS) is 31.5. The average Bonchev–Trinajstić information content (AvgIpc) is 3.68. The number of benzene rings is 1. The summed E-state index contributed by atoms with van der Waals surface area (Å²) in [6.45, 7) is 0.177. The number of aliphatic hydroxyl groups is 1. The number of carbonyl (C=O) groups excluding carboxylic acids is 5. The van der Waals surface area contributed by atoms with Crippen LogP contribution in [-0.4, -0.2) is 71.2 Å². The quantitative estimate of drug-likeness (QED) is 0.387. The number of ketones is 1. The lowest BCUT2D eigenvalue weighted by atomic mass is 9.86. The van der Waals surface area contributed by atoms with Crippen molar-refractivity contribution in [3.8, 4) is 0 Å². The Labute approximate surface area is 215 Å². The van der Waals surface area contributed by atoms with Crippen molar-refractivity contribution in [2.24, 2.45) is 17.8 Å². The van der Waals surface area contributed by atoms with Gasteiger partial charge in [-0.1, -0.05) is 36.8 Å². The molecule has 10 nitrogen and oxygen atoms in total. The average molecular weight is 511 g/mol. The minimum absolute atomic E-state index is 0.0477. The van der Waals surface area contributed by atoms with E-state index in [0.717, 1.165) is 19.3 Å². The number of aliphatic hydroxyl groups excluding tert-OH is 1. The van der Waals surface area contributed by atoms with Crippen LogP contribution in [0.4, 0.5) is 0 Å². The molecule has 0 radical (unpaired) electrons. The zero-order valence-electron chi connectivity index (χ0n) is 20.8. The summed E-state index contributed by atoms with van der Waals surface area (Å²) in [6, 6.07) is 7.32. The lowest BCUT2D eigenvalue weighted by Crippen LogP contribution is -2.59. The van der Waals surface area contributed by atoms with Gasteiger partial charge in [0.1, 0.15) is 18.2 Å². The molecule has 0 unspecified atom stereocenters. The molecule has 1 aromatic carbocycles. The molecule has 0 bridgehead atoms. The van der Waals surface area contributed by atoms with Gasteiger partial charge in [-0.05, 0) is 49.5 Å². The first-order chi connectivity index (χ1) is 17.8. The second-order valence-electron chi connectivity index (χ2n) is 10.8. The van der Waals surface area contributed by atoms with Crippen molar-refractivity contribution < 1.29 is 29.1 Å². The number of carbonyl (C=O) groups is 5. The number of likely N-dealkylation sites (tertiary alicyclic amines) is 1.